The lowest BCUT2D eigenvalue weighted by Crippen LogP contribution is -2.44. The highest BCUT2D eigenvalue weighted by Crippen LogP contribution is 2.29. The average Bonchev–Trinajstić information content (AvgIpc) is 3.47. The number of anilines is 3. The lowest BCUT2D eigenvalue weighted by molar-refractivity contribution is -0.128. The van der Waals surface area contributed by atoms with Crippen LogP contribution in [0.1, 0.15) is 6.42 Å². The summed E-state index contributed by atoms with van der Waals surface area (Å²) in [5, 5.41) is 4.26. The molecule has 0 amide bonds. The van der Waals surface area contributed by atoms with Gasteiger partial charge in [-0.1, -0.05) is 10.5 Å². The van der Waals surface area contributed by atoms with Gasteiger partial charge in [0.2, 0.25) is 0 Å². The Kier molecular flexibility index (Phi) is 9.43. The Morgan fingerprint density at radius 3 is 2.47 bits per heavy atom. The van der Waals surface area contributed by atoms with E-state index in [9.17, 15) is 22.0 Å². The van der Waals surface area contributed by atoms with Gasteiger partial charge in [-0.2, -0.15) is 8.42 Å². The minimum absolute atomic E-state index is 0.0886. The number of likely N-dealkylation sites (N-methyl/N-ethyl adjacent to an activating group) is 1. The van der Waals surface area contributed by atoms with Crippen LogP contribution in [0.3, 0.4) is 0 Å². The summed E-state index contributed by atoms with van der Waals surface area (Å²) in [6.45, 7) is 6.41. The molecule has 2 aromatic heterocycles. The summed E-state index contributed by atoms with van der Waals surface area (Å²) in [7, 11) is -2.54. The van der Waals surface area contributed by atoms with E-state index < -0.39 is 26.6 Å². The molecule has 11 nitrogen and oxygen atoms in total. The van der Waals surface area contributed by atoms with Crippen LogP contribution in [-0.4, -0.2) is 79.0 Å². The molecule has 0 spiro atoms. The highest BCUT2D eigenvalue weighted by atomic mass is 32.2. The predicted octanol–water partition coefficient (Wildman–Crippen LogP) is 5.04. The smallest absolute Gasteiger partial charge is 0.322 e. The predicted molar refractivity (Wildman–Crippen MR) is 174 cm³/mol. The summed E-state index contributed by atoms with van der Waals surface area (Å²) < 4.78 is 56.3. The zero-order valence-electron chi connectivity index (χ0n) is 25.6. The summed E-state index contributed by atoms with van der Waals surface area (Å²) >= 11 is 0. The summed E-state index contributed by atoms with van der Waals surface area (Å²) in [5.41, 5.74) is 3.25. The summed E-state index contributed by atoms with van der Waals surface area (Å²) in [6.07, 6.45) is 4.66. The number of fused-ring (bicyclic) bond motifs is 1. The number of nitrogens with one attached hydrogen (secondary N) is 1. The van der Waals surface area contributed by atoms with Gasteiger partial charge in [-0.25, -0.2) is 18.7 Å². The van der Waals surface area contributed by atoms with Crippen LogP contribution < -0.4 is 9.79 Å². The Hall–Kier alpha value is -4.92. The summed E-state index contributed by atoms with van der Waals surface area (Å²) in [6, 6.07) is 17.9. The van der Waals surface area contributed by atoms with Crippen LogP contribution in [0.25, 0.3) is 22.2 Å². The molecule has 1 aliphatic rings. The van der Waals surface area contributed by atoms with Crippen LogP contribution in [0.2, 0.25) is 0 Å². The molecular formula is C33H33F2N7O4S. The Morgan fingerprint density at radius 2 is 1.72 bits per heavy atom. The van der Waals surface area contributed by atoms with Crippen molar-refractivity contribution in [1.29, 1.82) is 0 Å². The summed E-state index contributed by atoms with van der Waals surface area (Å²) in [4.78, 5) is 28.6. The normalized spacial score (nSPS) is 14.3. The Balaban J connectivity index is 1.13. The van der Waals surface area contributed by atoms with Gasteiger partial charge in [0, 0.05) is 73.2 Å². The van der Waals surface area contributed by atoms with Crippen LogP contribution in [0.15, 0.2) is 90.2 Å². The molecule has 3 aromatic carbocycles. The first-order valence-corrected chi connectivity index (χ1v) is 16.5. The van der Waals surface area contributed by atoms with Gasteiger partial charge in [0.25, 0.3) is 10.0 Å². The average molecular weight is 662 g/mol. The first-order valence-electron chi connectivity index (χ1n) is 15.0. The van der Waals surface area contributed by atoms with Gasteiger partial charge in [-0.15, -0.1) is 0 Å². The van der Waals surface area contributed by atoms with E-state index in [1.54, 1.807) is 6.07 Å². The number of carbonyl (C=O) groups is 1. The highest BCUT2D eigenvalue weighted by Gasteiger charge is 2.30. The first-order chi connectivity index (χ1) is 22.7. The molecule has 6 rings (SSSR count). The van der Waals surface area contributed by atoms with Gasteiger partial charge in [-0.05, 0) is 74.6 Å². The second-order valence-electron chi connectivity index (χ2n) is 11.3. The van der Waals surface area contributed by atoms with E-state index in [2.05, 4.69) is 61.1 Å². The number of hydrogen-bond acceptors (Lipinski definition) is 9. The van der Waals surface area contributed by atoms with Crippen molar-refractivity contribution in [1.82, 2.24) is 24.3 Å². The minimum atomic E-state index is -4.70. The van der Waals surface area contributed by atoms with Crippen LogP contribution in [0.4, 0.5) is 26.0 Å². The largest absolute Gasteiger partial charge is 0.347 e. The number of halogens is 2. The van der Waals surface area contributed by atoms with Gasteiger partial charge in [0.1, 0.15) is 28.7 Å². The number of rotatable bonds is 12. The molecule has 244 valence electrons. The van der Waals surface area contributed by atoms with E-state index in [1.165, 1.54) is 30.6 Å². The standard InChI is InChI=1S/C33H33F2N7O4S/c1-39-15-17-40(18-16-39)12-2-13-41-14-11-25-19-24(3-9-31(25)41)30-21-33(37-22-36-30)38-27-5-7-28(8-6-27)42(46-23-43)47(44,45)32-10-4-26(34)20-29(32)35/h3-11,14,19-23H,2,12-13,15-18H2,1H3,(H,36,37,38). The third kappa shape index (κ3) is 7.24. The van der Waals surface area contributed by atoms with E-state index in [-0.39, 0.29) is 16.6 Å². The van der Waals surface area contributed by atoms with Crippen LogP contribution >= 0.6 is 0 Å². The van der Waals surface area contributed by atoms with Gasteiger partial charge in [0.15, 0.2) is 0 Å². The van der Waals surface area contributed by atoms with Crippen LogP contribution in [0, 0.1) is 11.6 Å². The molecular weight excluding hydrogens is 628 g/mol. The number of benzene rings is 3. The molecule has 14 heteroatoms. The van der Waals surface area contributed by atoms with Crippen molar-refractivity contribution in [3.8, 4) is 11.3 Å². The maximum Gasteiger partial charge on any atom is 0.322 e. The van der Waals surface area contributed by atoms with Gasteiger partial charge in [0.05, 0.1) is 11.4 Å². The fourth-order valence-corrected chi connectivity index (χ4v) is 6.83. The molecule has 1 fully saturated rings. The van der Waals surface area contributed by atoms with Crippen molar-refractivity contribution in [2.75, 3.05) is 49.6 Å². The molecule has 1 N–H and O–H groups in total. The van der Waals surface area contributed by atoms with Crippen molar-refractivity contribution in [3.05, 3.63) is 97.0 Å². The zero-order chi connectivity index (χ0) is 33.0. The van der Waals surface area contributed by atoms with Crippen LogP contribution in [-0.2, 0) is 26.2 Å². The lowest BCUT2D eigenvalue weighted by atomic mass is 10.1. The van der Waals surface area contributed by atoms with E-state index in [4.69, 9.17) is 4.84 Å². The second-order valence-corrected chi connectivity index (χ2v) is 13.0. The molecule has 1 aliphatic heterocycles. The number of hydrogen-bond donors (Lipinski definition) is 1. The Labute approximate surface area is 271 Å². The molecule has 0 unspecified atom stereocenters. The monoisotopic (exact) mass is 661 g/mol. The van der Waals surface area contributed by atoms with E-state index in [0.29, 0.717) is 23.3 Å². The van der Waals surface area contributed by atoms with Crippen molar-refractivity contribution in [3.63, 3.8) is 0 Å². The first kappa shape index (κ1) is 32.0. The second kappa shape index (κ2) is 13.8. The van der Waals surface area contributed by atoms with Crippen molar-refractivity contribution in [2.45, 2.75) is 17.9 Å². The summed E-state index contributed by atoms with van der Waals surface area (Å²) in [5.74, 6) is -1.78. The minimum Gasteiger partial charge on any atom is -0.347 e. The third-order valence-electron chi connectivity index (χ3n) is 8.08. The van der Waals surface area contributed by atoms with Crippen molar-refractivity contribution >= 4 is 44.6 Å². The number of sulfonamides is 1. The molecule has 1 saturated heterocycles. The zero-order valence-corrected chi connectivity index (χ0v) is 26.4. The highest BCUT2D eigenvalue weighted by molar-refractivity contribution is 7.92. The van der Waals surface area contributed by atoms with Gasteiger partial charge < -0.3 is 24.5 Å². The Bertz CT molecular complexity index is 1980. The van der Waals surface area contributed by atoms with Crippen molar-refractivity contribution < 1.29 is 26.8 Å². The molecule has 0 saturated carbocycles. The lowest BCUT2D eigenvalue weighted by Gasteiger charge is -2.32. The number of nitrogens with zero attached hydrogens (tertiary/aromatic N) is 6. The number of piperazine rings is 1. The number of aryl methyl sites for hydroxylation is 1. The maximum absolute atomic E-state index is 14.3. The van der Waals surface area contributed by atoms with E-state index in [0.717, 1.165) is 74.3 Å². The fraction of sp³-hybridized carbons (Fsp3) is 0.242. The maximum atomic E-state index is 14.3. The van der Waals surface area contributed by atoms with Gasteiger partial charge >= 0.3 is 6.47 Å². The fourth-order valence-electron chi connectivity index (χ4n) is 5.56. The molecule has 0 aliphatic carbocycles. The molecule has 0 atom stereocenters. The molecule has 3 heterocycles. The molecule has 5 aromatic rings. The Morgan fingerprint density at radius 1 is 0.936 bits per heavy atom. The molecule has 47 heavy (non-hydrogen) atoms. The topological polar surface area (TPSA) is 113 Å². The molecule has 0 bridgehead atoms. The van der Waals surface area contributed by atoms with Crippen molar-refractivity contribution in [2.24, 2.45) is 0 Å². The SMILES string of the molecule is CN1CCN(CCCn2ccc3cc(-c4cc(Nc5ccc(N(OC=O)S(=O)(=O)c6ccc(F)cc6F)cc5)ncn4)ccc32)CC1. The quantitative estimate of drug-likeness (QED) is 0.145. The van der Waals surface area contributed by atoms with Gasteiger partial charge in [-0.3, -0.25) is 4.79 Å². The van der Waals surface area contributed by atoms with Crippen LogP contribution in [0.5, 0.6) is 0 Å². The van der Waals surface area contributed by atoms with E-state index in [1.807, 2.05) is 6.07 Å². The molecule has 0 radical (unpaired) electrons. The number of carbonyl (C=O) groups excluding carboxylic acids is 1. The number of aromatic nitrogens is 3. The van der Waals surface area contributed by atoms with E-state index >= 15 is 0 Å². The third-order valence-corrected chi connectivity index (χ3v) is 9.70.